The van der Waals surface area contributed by atoms with Crippen LogP contribution in [-0.2, 0) is 9.59 Å². The van der Waals surface area contributed by atoms with Crippen LogP contribution in [0.3, 0.4) is 0 Å². The van der Waals surface area contributed by atoms with E-state index >= 15 is 0 Å². The lowest BCUT2D eigenvalue weighted by Crippen LogP contribution is -2.02. The van der Waals surface area contributed by atoms with Crippen LogP contribution in [0.5, 0.6) is 0 Å². The van der Waals surface area contributed by atoms with Gasteiger partial charge in [-0.15, -0.1) is 0 Å². The minimum absolute atomic E-state index is 0.556. The molecule has 0 unspecified atom stereocenters. The Bertz CT molecular complexity index is 700. The first kappa shape index (κ1) is 21.7. The minimum atomic E-state index is 0.556. The third-order valence-electron chi connectivity index (χ3n) is 3.61. The molecule has 1 N–H and O–H groups in total. The second-order valence-corrected chi connectivity index (χ2v) is 5.54. The van der Waals surface area contributed by atoms with E-state index in [1.54, 1.807) is 0 Å². The molecule has 0 spiro atoms. The fourth-order valence-electron chi connectivity index (χ4n) is 2.30. The fourth-order valence-corrected chi connectivity index (χ4v) is 2.30. The molecule has 0 heterocycles. The van der Waals surface area contributed by atoms with E-state index in [1.807, 2.05) is 60.7 Å². The predicted octanol–water partition coefficient (Wildman–Crippen LogP) is 4.13. The van der Waals surface area contributed by atoms with Gasteiger partial charge in [0.25, 0.3) is 0 Å². The third kappa shape index (κ3) is 9.66. The van der Waals surface area contributed by atoms with Crippen LogP contribution in [0, 0.1) is 0 Å². The minimum Gasteiger partial charge on any atom is -0.410 e. The number of nitrogens with zero attached hydrogens (tertiary/aromatic N) is 3. The summed E-state index contributed by atoms with van der Waals surface area (Å²) in [6.07, 6.45) is 6.80. The van der Waals surface area contributed by atoms with Crippen molar-refractivity contribution in [1.29, 1.82) is 0 Å². The van der Waals surface area contributed by atoms with E-state index in [9.17, 15) is 9.59 Å². The average Bonchev–Trinajstić information content (AvgIpc) is 2.73. The van der Waals surface area contributed by atoms with Gasteiger partial charge in [-0.25, -0.2) is 19.6 Å². The molecule has 2 rings (SSSR count). The van der Waals surface area contributed by atoms with Gasteiger partial charge in [0.15, 0.2) is 0 Å². The van der Waals surface area contributed by atoms with Crippen molar-refractivity contribution >= 4 is 17.9 Å². The smallest absolute Gasteiger partial charge is 0.234 e. The Hall–Kier alpha value is -3.33. The predicted molar refractivity (Wildman–Crippen MR) is 105 cm³/mol. The zero-order chi connectivity index (χ0) is 19.6. The first-order valence-electron chi connectivity index (χ1n) is 8.73. The third-order valence-corrected chi connectivity index (χ3v) is 3.61. The molecule has 0 amide bonds. The Kier molecular flexibility index (Phi) is 12.0. The van der Waals surface area contributed by atoms with Crippen molar-refractivity contribution in [3.05, 3.63) is 71.8 Å². The normalized spacial score (nSPS) is 9.04. The van der Waals surface area contributed by atoms with Gasteiger partial charge in [-0.2, -0.15) is 0 Å². The van der Waals surface area contributed by atoms with E-state index in [-0.39, 0.29) is 0 Å². The Morgan fingerprint density at radius 1 is 0.704 bits per heavy atom. The number of oxime groups is 1. The van der Waals surface area contributed by atoms with Crippen LogP contribution in [0.4, 0.5) is 0 Å². The molecule has 2 aromatic rings. The number of unbranched alkanes of at least 4 members (excludes halogenated alkanes) is 3. The number of hydrogen-bond acceptors (Lipinski definition) is 6. The lowest BCUT2D eigenvalue weighted by Gasteiger charge is -2.03. The SMILES string of the molecule is O=C=NCCCCCCN=C=O.ON=C(c1ccccc1)c1ccccc1. The van der Waals surface area contributed by atoms with E-state index < -0.39 is 0 Å². The molecule has 140 valence electrons. The summed E-state index contributed by atoms with van der Waals surface area (Å²) in [4.78, 5) is 26.1. The van der Waals surface area contributed by atoms with Gasteiger partial charge in [-0.05, 0) is 12.8 Å². The monoisotopic (exact) mass is 365 g/mol. The molecule has 0 saturated carbocycles. The first-order valence-corrected chi connectivity index (χ1v) is 8.73. The van der Waals surface area contributed by atoms with Gasteiger partial charge in [0.05, 0.1) is 13.1 Å². The van der Waals surface area contributed by atoms with Crippen molar-refractivity contribution in [3.8, 4) is 0 Å². The number of isocyanates is 2. The van der Waals surface area contributed by atoms with Crippen molar-refractivity contribution < 1.29 is 14.8 Å². The molecule has 0 aliphatic rings. The zero-order valence-electron chi connectivity index (χ0n) is 15.1. The van der Waals surface area contributed by atoms with E-state index in [4.69, 9.17) is 5.21 Å². The molecule has 0 aliphatic heterocycles. The van der Waals surface area contributed by atoms with Gasteiger partial charge in [0.2, 0.25) is 12.2 Å². The molecule has 0 aliphatic carbocycles. The summed E-state index contributed by atoms with van der Waals surface area (Å²) in [5.74, 6) is 0. The summed E-state index contributed by atoms with van der Waals surface area (Å²) in [6, 6.07) is 19.2. The molecule has 0 aromatic heterocycles. The van der Waals surface area contributed by atoms with Crippen LogP contribution in [0.2, 0.25) is 0 Å². The molecule has 0 atom stereocenters. The second kappa shape index (κ2) is 15.0. The molecule has 0 radical (unpaired) electrons. The molecule has 6 heteroatoms. The molecule has 0 bridgehead atoms. The molecule has 2 aromatic carbocycles. The van der Waals surface area contributed by atoms with Crippen molar-refractivity contribution in [2.45, 2.75) is 25.7 Å². The summed E-state index contributed by atoms with van der Waals surface area (Å²) in [5, 5.41) is 12.4. The Labute approximate surface area is 159 Å². The highest BCUT2D eigenvalue weighted by Crippen LogP contribution is 2.10. The molecular formula is C21H23N3O3. The first-order chi connectivity index (χ1) is 13.3. The Morgan fingerprint density at radius 3 is 1.44 bits per heavy atom. The quantitative estimate of drug-likeness (QED) is 0.238. The van der Waals surface area contributed by atoms with Crippen LogP contribution in [-0.4, -0.2) is 36.2 Å². The second-order valence-electron chi connectivity index (χ2n) is 5.54. The number of carbonyl (C=O) groups excluding carboxylic acids is 2. The summed E-state index contributed by atoms with van der Waals surface area (Å²) in [5.41, 5.74) is 2.41. The molecule has 0 fully saturated rings. The number of benzene rings is 2. The maximum atomic E-state index is 9.63. The van der Waals surface area contributed by atoms with E-state index in [0.717, 1.165) is 36.8 Å². The van der Waals surface area contributed by atoms with E-state index in [2.05, 4.69) is 15.1 Å². The zero-order valence-corrected chi connectivity index (χ0v) is 15.1. The molecular weight excluding hydrogens is 342 g/mol. The maximum Gasteiger partial charge on any atom is 0.234 e. The van der Waals surface area contributed by atoms with Crippen LogP contribution in [0.1, 0.15) is 36.8 Å². The highest BCUT2D eigenvalue weighted by atomic mass is 16.4. The summed E-state index contributed by atoms with van der Waals surface area (Å²) in [6.45, 7) is 1.11. The molecule has 27 heavy (non-hydrogen) atoms. The standard InChI is InChI=1S/C13H11NO.C8H12N2O2/c15-14-13(11-7-3-1-4-8-11)12-9-5-2-6-10-12;11-7-9-5-3-1-2-4-6-10-8-12/h1-10,15H;1-6H2. The fraction of sp³-hybridized carbons (Fsp3) is 0.286. The van der Waals surface area contributed by atoms with Crippen LogP contribution in [0.25, 0.3) is 0 Å². The van der Waals surface area contributed by atoms with Crippen LogP contribution >= 0.6 is 0 Å². The number of hydrogen-bond donors (Lipinski definition) is 1. The lowest BCUT2D eigenvalue weighted by atomic mass is 10.0. The number of rotatable bonds is 9. The van der Waals surface area contributed by atoms with Gasteiger partial charge in [0.1, 0.15) is 5.71 Å². The van der Waals surface area contributed by atoms with Crippen LogP contribution < -0.4 is 0 Å². The van der Waals surface area contributed by atoms with Crippen molar-refractivity contribution in [2.75, 3.05) is 13.1 Å². The molecule has 0 saturated heterocycles. The van der Waals surface area contributed by atoms with Gasteiger partial charge >= 0.3 is 0 Å². The summed E-state index contributed by atoms with van der Waals surface area (Å²) < 4.78 is 0. The topological polar surface area (TPSA) is 91.5 Å². The van der Waals surface area contributed by atoms with Gasteiger partial charge < -0.3 is 5.21 Å². The Morgan fingerprint density at radius 2 is 1.11 bits per heavy atom. The summed E-state index contributed by atoms with van der Waals surface area (Å²) in [7, 11) is 0. The highest BCUT2D eigenvalue weighted by Gasteiger charge is 2.05. The van der Waals surface area contributed by atoms with Crippen molar-refractivity contribution in [3.63, 3.8) is 0 Å². The number of aliphatic imine (C=N–C) groups is 2. The molecule has 6 nitrogen and oxygen atoms in total. The maximum absolute atomic E-state index is 9.63. The van der Waals surface area contributed by atoms with Crippen LogP contribution in [0.15, 0.2) is 75.8 Å². The highest BCUT2D eigenvalue weighted by molar-refractivity contribution is 6.12. The van der Waals surface area contributed by atoms with E-state index in [1.165, 1.54) is 12.2 Å². The van der Waals surface area contributed by atoms with Crippen molar-refractivity contribution in [1.82, 2.24) is 0 Å². The van der Waals surface area contributed by atoms with Gasteiger partial charge in [-0.3, -0.25) is 0 Å². The van der Waals surface area contributed by atoms with Gasteiger partial charge in [0, 0.05) is 11.1 Å². The van der Waals surface area contributed by atoms with E-state index in [0.29, 0.717) is 18.8 Å². The lowest BCUT2D eigenvalue weighted by molar-refractivity contribution is 0.319. The Balaban J connectivity index is 0.000000279. The summed E-state index contributed by atoms with van der Waals surface area (Å²) >= 11 is 0. The largest absolute Gasteiger partial charge is 0.410 e. The van der Waals surface area contributed by atoms with Gasteiger partial charge in [-0.1, -0.05) is 78.7 Å². The van der Waals surface area contributed by atoms with Crippen molar-refractivity contribution in [2.24, 2.45) is 15.1 Å². The average molecular weight is 365 g/mol.